The third-order valence-corrected chi connectivity index (χ3v) is 1.36. The zero-order valence-corrected chi connectivity index (χ0v) is 7.30. The zero-order chi connectivity index (χ0) is 9.40. The summed E-state index contributed by atoms with van der Waals surface area (Å²) in [5.41, 5.74) is 0. The number of nitrogens with one attached hydrogen (secondary N) is 1. The van der Waals surface area contributed by atoms with Crippen LogP contribution >= 0.6 is 0 Å². The maximum Gasteiger partial charge on any atom is 0.220 e. The van der Waals surface area contributed by atoms with E-state index in [9.17, 15) is 9.59 Å². The van der Waals surface area contributed by atoms with Crippen LogP contribution in [0.4, 0.5) is 0 Å². The van der Waals surface area contributed by atoms with Crippen molar-refractivity contribution >= 4 is 11.7 Å². The fourth-order valence-corrected chi connectivity index (χ4v) is 0.685. The SMILES string of the molecule is CC(=O)CCC(=O)NCCCO. The van der Waals surface area contributed by atoms with Crippen LogP contribution in [0.3, 0.4) is 0 Å². The summed E-state index contributed by atoms with van der Waals surface area (Å²) < 4.78 is 0. The summed E-state index contributed by atoms with van der Waals surface area (Å²) >= 11 is 0. The van der Waals surface area contributed by atoms with Crippen LogP contribution in [0.15, 0.2) is 0 Å². The van der Waals surface area contributed by atoms with E-state index in [0.717, 1.165) is 0 Å². The number of amides is 1. The van der Waals surface area contributed by atoms with Crippen molar-refractivity contribution in [1.29, 1.82) is 0 Å². The Labute approximate surface area is 72.0 Å². The van der Waals surface area contributed by atoms with Gasteiger partial charge in [-0.15, -0.1) is 0 Å². The Balaban J connectivity index is 3.28. The molecule has 0 atom stereocenters. The largest absolute Gasteiger partial charge is 0.396 e. The minimum absolute atomic E-state index is 0.0207. The van der Waals surface area contributed by atoms with Crippen LogP contribution in [-0.2, 0) is 9.59 Å². The summed E-state index contributed by atoms with van der Waals surface area (Å²) in [5, 5.41) is 11.0. The van der Waals surface area contributed by atoms with Crippen LogP contribution < -0.4 is 5.32 Å². The van der Waals surface area contributed by atoms with Crippen molar-refractivity contribution < 1.29 is 14.7 Å². The third kappa shape index (κ3) is 7.21. The van der Waals surface area contributed by atoms with Crippen molar-refractivity contribution in [2.24, 2.45) is 0 Å². The van der Waals surface area contributed by atoms with E-state index in [0.29, 0.717) is 19.4 Å². The Morgan fingerprint density at radius 3 is 2.50 bits per heavy atom. The highest BCUT2D eigenvalue weighted by Gasteiger charge is 2.01. The molecule has 0 fully saturated rings. The van der Waals surface area contributed by atoms with E-state index in [1.165, 1.54) is 6.92 Å². The number of hydrogen-bond acceptors (Lipinski definition) is 3. The molecule has 0 unspecified atom stereocenters. The zero-order valence-electron chi connectivity index (χ0n) is 7.30. The normalized spacial score (nSPS) is 9.50. The van der Waals surface area contributed by atoms with Gasteiger partial charge in [-0.2, -0.15) is 0 Å². The van der Waals surface area contributed by atoms with Crippen LogP contribution in [0.25, 0.3) is 0 Å². The topological polar surface area (TPSA) is 66.4 Å². The fourth-order valence-electron chi connectivity index (χ4n) is 0.685. The average molecular weight is 173 g/mol. The van der Waals surface area contributed by atoms with Crippen LogP contribution in [0, 0.1) is 0 Å². The van der Waals surface area contributed by atoms with Gasteiger partial charge in [0.25, 0.3) is 0 Å². The van der Waals surface area contributed by atoms with Crippen molar-refractivity contribution in [3.63, 3.8) is 0 Å². The van der Waals surface area contributed by atoms with Crippen LogP contribution in [0.5, 0.6) is 0 Å². The molecule has 0 bridgehead atoms. The van der Waals surface area contributed by atoms with Gasteiger partial charge in [0.05, 0.1) is 0 Å². The molecule has 0 radical (unpaired) electrons. The molecule has 0 saturated heterocycles. The van der Waals surface area contributed by atoms with Gasteiger partial charge in [0.2, 0.25) is 5.91 Å². The molecule has 0 spiro atoms. The van der Waals surface area contributed by atoms with Gasteiger partial charge in [0.1, 0.15) is 5.78 Å². The molecule has 0 aromatic carbocycles. The van der Waals surface area contributed by atoms with Gasteiger partial charge in [-0.3, -0.25) is 4.79 Å². The summed E-state index contributed by atoms with van der Waals surface area (Å²) in [4.78, 5) is 21.3. The molecule has 1 amide bonds. The Bertz CT molecular complexity index is 156. The molecule has 0 rings (SSSR count). The average Bonchev–Trinajstić information content (AvgIpc) is 2.01. The number of hydrogen-bond donors (Lipinski definition) is 2. The molecule has 0 aromatic rings. The second kappa shape index (κ2) is 6.79. The number of aliphatic hydroxyl groups is 1. The van der Waals surface area contributed by atoms with Gasteiger partial charge in [0.15, 0.2) is 0 Å². The Hall–Kier alpha value is -0.900. The maximum atomic E-state index is 10.9. The maximum absolute atomic E-state index is 10.9. The van der Waals surface area contributed by atoms with Crippen molar-refractivity contribution in [3.05, 3.63) is 0 Å². The lowest BCUT2D eigenvalue weighted by molar-refractivity contribution is -0.124. The van der Waals surface area contributed by atoms with Crippen molar-refractivity contribution in [2.45, 2.75) is 26.2 Å². The highest BCUT2D eigenvalue weighted by atomic mass is 16.3. The van der Waals surface area contributed by atoms with Gasteiger partial charge in [-0.1, -0.05) is 0 Å². The highest BCUT2D eigenvalue weighted by molar-refractivity contribution is 5.83. The lowest BCUT2D eigenvalue weighted by Crippen LogP contribution is -2.25. The van der Waals surface area contributed by atoms with E-state index in [4.69, 9.17) is 5.11 Å². The standard InChI is InChI=1S/C8H15NO3/c1-7(11)3-4-8(12)9-5-2-6-10/h10H,2-6H2,1H3,(H,9,12). The first kappa shape index (κ1) is 11.1. The first-order valence-corrected chi connectivity index (χ1v) is 4.04. The third-order valence-electron chi connectivity index (χ3n) is 1.36. The lowest BCUT2D eigenvalue weighted by atomic mass is 10.2. The molecule has 0 aliphatic rings. The summed E-state index contributed by atoms with van der Waals surface area (Å²) in [5.74, 6) is -0.106. The van der Waals surface area contributed by atoms with E-state index in [2.05, 4.69) is 5.32 Å². The van der Waals surface area contributed by atoms with Gasteiger partial charge in [-0.25, -0.2) is 0 Å². The number of carbonyl (C=O) groups excluding carboxylic acids is 2. The first-order chi connectivity index (χ1) is 5.66. The molecular weight excluding hydrogens is 158 g/mol. The molecule has 4 nitrogen and oxygen atoms in total. The van der Waals surface area contributed by atoms with Crippen LogP contribution in [0.1, 0.15) is 26.2 Å². The molecule has 0 heterocycles. The van der Waals surface area contributed by atoms with Crippen molar-refractivity contribution in [2.75, 3.05) is 13.2 Å². The molecule has 4 heteroatoms. The first-order valence-electron chi connectivity index (χ1n) is 4.04. The van der Waals surface area contributed by atoms with Crippen LogP contribution in [-0.4, -0.2) is 29.9 Å². The summed E-state index contributed by atoms with van der Waals surface area (Å²) in [6.45, 7) is 2.02. The predicted molar refractivity (Wildman–Crippen MR) is 44.6 cm³/mol. The second-order valence-corrected chi connectivity index (χ2v) is 2.63. The smallest absolute Gasteiger partial charge is 0.220 e. The summed E-state index contributed by atoms with van der Waals surface area (Å²) in [7, 11) is 0. The Morgan fingerprint density at radius 1 is 1.33 bits per heavy atom. The molecule has 70 valence electrons. The number of Topliss-reactive ketones (excluding diaryl/α,β-unsaturated/α-hetero) is 1. The Morgan fingerprint density at radius 2 is 2.00 bits per heavy atom. The number of carbonyl (C=O) groups is 2. The quantitative estimate of drug-likeness (QED) is 0.549. The molecule has 0 aromatic heterocycles. The Kier molecular flexibility index (Phi) is 6.28. The minimum Gasteiger partial charge on any atom is -0.396 e. The van der Waals surface area contributed by atoms with Crippen molar-refractivity contribution in [1.82, 2.24) is 5.32 Å². The molecule has 0 aliphatic carbocycles. The van der Waals surface area contributed by atoms with E-state index >= 15 is 0 Å². The van der Waals surface area contributed by atoms with Gasteiger partial charge in [0, 0.05) is 26.0 Å². The molecule has 12 heavy (non-hydrogen) atoms. The monoisotopic (exact) mass is 173 g/mol. The van der Waals surface area contributed by atoms with Crippen molar-refractivity contribution in [3.8, 4) is 0 Å². The number of ketones is 1. The summed E-state index contributed by atoms with van der Waals surface area (Å²) in [6.07, 6.45) is 1.11. The second-order valence-electron chi connectivity index (χ2n) is 2.63. The molecular formula is C8H15NO3. The van der Waals surface area contributed by atoms with E-state index in [1.54, 1.807) is 0 Å². The number of rotatable bonds is 6. The lowest BCUT2D eigenvalue weighted by Gasteiger charge is -2.01. The van der Waals surface area contributed by atoms with Crippen LogP contribution in [0.2, 0.25) is 0 Å². The summed E-state index contributed by atoms with van der Waals surface area (Å²) in [6, 6.07) is 0. The van der Waals surface area contributed by atoms with E-state index in [1.807, 2.05) is 0 Å². The fraction of sp³-hybridized carbons (Fsp3) is 0.750. The molecule has 0 saturated carbocycles. The van der Waals surface area contributed by atoms with E-state index < -0.39 is 0 Å². The minimum atomic E-state index is -0.126. The number of aliphatic hydroxyl groups excluding tert-OH is 1. The van der Waals surface area contributed by atoms with Gasteiger partial charge < -0.3 is 15.2 Å². The molecule has 2 N–H and O–H groups in total. The van der Waals surface area contributed by atoms with E-state index in [-0.39, 0.29) is 24.7 Å². The molecule has 0 aliphatic heterocycles. The predicted octanol–water partition coefficient (Wildman–Crippen LogP) is -0.146. The highest BCUT2D eigenvalue weighted by Crippen LogP contribution is 1.89. The van der Waals surface area contributed by atoms with Gasteiger partial charge >= 0.3 is 0 Å². The van der Waals surface area contributed by atoms with Gasteiger partial charge in [-0.05, 0) is 13.3 Å².